The molecule has 0 atom stereocenters. The van der Waals surface area contributed by atoms with E-state index >= 15 is 0 Å². The summed E-state index contributed by atoms with van der Waals surface area (Å²) >= 11 is 0. The molecule has 0 aromatic carbocycles. The molecule has 0 spiro atoms. The summed E-state index contributed by atoms with van der Waals surface area (Å²) in [4.78, 5) is 0. The molecule has 1 rings (SSSR count). The van der Waals surface area contributed by atoms with E-state index in [1.807, 2.05) is 26.0 Å². The van der Waals surface area contributed by atoms with Crippen LogP contribution in [0.4, 0.5) is 0 Å². The summed E-state index contributed by atoms with van der Waals surface area (Å²) in [6.45, 7) is 7.70. The third-order valence-corrected chi connectivity index (χ3v) is 1.91. The number of hydrogen-bond donors (Lipinski definition) is 1. The standard InChI is InChI=1S/C10H13N/c1-4-7(3)8-6-9(8)10(11)5-2/h4,6,11H,1,5H2,2-3H3/b8-7-,11-10?. The van der Waals surface area contributed by atoms with E-state index in [4.69, 9.17) is 5.41 Å². The van der Waals surface area contributed by atoms with Gasteiger partial charge in [-0.15, -0.1) is 0 Å². The molecule has 11 heavy (non-hydrogen) atoms. The van der Waals surface area contributed by atoms with Gasteiger partial charge in [0.25, 0.3) is 0 Å². The molecule has 0 aliphatic heterocycles. The van der Waals surface area contributed by atoms with Gasteiger partial charge in [0, 0.05) is 11.3 Å². The zero-order valence-corrected chi connectivity index (χ0v) is 7.07. The molecule has 0 radical (unpaired) electrons. The molecule has 1 aliphatic rings. The first-order valence-electron chi connectivity index (χ1n) is 3.83. The lowest BCUT2D eigenvalue weighted by Gasteiger charge is -1.92. The van der Waals surface area contributed by atoms with Gasteiger partial charge in [-0.1, -0.05) is 19.6 Å². The summed E-state index contributed by atoms with van der Waals surface area (Å²) in [5.74, 6) is 0. The smallest absolute Gasteiger partial charge is 0.0389 e. The lowest BCUT2D eigenvalue weighted by atomic mass is 10.1. The average molecular weight is 147 g/mol. The van der Waals surface area contributed by atoms with Crippen molar-refractivity contribution in [1.29, 1.82) is 5.41 Å². The van der Waals surface area contributed by atoms with Crippen LogP contribution in [0.1, 0.15) is 20.3 Å². The maximum atomic E-state index is 7.52. The van der Waals surface area contributed by atoms with E-state index in [9.17, 15) is 0 Å². The van der Waals surface area contributed by atoms with Crippen LogP contribution in [-0.2, 0) is 0 Å². The summed E-state index contributed by atoms with van der Waals surface area (Å²) in [6.07, 6.45) is 4.70. The first kappa shape index (κ1) is 7.99. The molecule has 1 N–H and O–H groups in total. The Morgan fingerprint density at radius 1 is 1.73 bits per heavy atom. The molecule has 0 aromatic heterocycles. The summed E-state index contributed by atoms with van der Waals surface area (Å²) in [5, 5.41) is 7.52. The highest BCUT2D eigenvalue weighted by atomic mass is 14.4. The summed E-state index contributed by atoms with van der Waals surface area (Å²) in [7, 11) is 0. The fraction of sp³-hybridized carbons (Fsp3) is 0.300. The summed E-state index contributed by atoms with van der Waals surface area (Å²) in [5.41, 5.74) is 4.25. The van der Waals surface area contributed by atoms with Gasteiger partial charge >= 0.3 is 0 Å². The summed E-state index contributed by atoms with van der Waals surface area (Å²) < 4.78 is 0. The van der Waals surface area contributed by atoms with E-state index in [-0.39, 0.29) is 0 Å². The minimum Gasteiger partial charge on any atom is -0.305 e. The third kappa shape index (κ3) is 1.48. The molecule has 0 amide bonds. The lowest BCUT2D eigenvalue weighted by molar-refractivity contribution is 1.25. The molecule has 0 fully saturated rings. The van der Waals surface area contributed by atoms with Crippen molar-refractivity contribution in [3.8, 4) is 0 Å². The van der Waals surface area contributed by atoms with Crippen molar-refractivity contribution < 1.29 is 0 Å². The first-order valence-corrected chi connectivity index (χ1v) is 3.83. The van der Waals surface area contributed by atoms with Crippen molar-refractivity contribution in [2.75, 3.05) is 0 Å². The van der Waals surface area contributed by atoms with Gasteiger partial charge < -0.3 is 5.41 Å². The highest BCUT2D eigenvalue weighted by Crippen LogP contribution is 2.32. The topological polar surface area (TPSA) is 23.9 Å². The van der Waals surface area contributed by atoms with Crippen molar-refractivity contribution in [1.82, 2.24) is 0 Å². The second-order valence-corrected chi connectivity index (χ2v) is 2.69. The number of nitrogens with one attached hydrogen (secondary N) is 1. The van der Waals surface area contributed by atoms with Crippen LogP contribution >= 0.6 is 0 Å². The zero-order valence-electron chi connectivity index (χ0n) is 7.07. The SMILES string of the molecule is C=C/C(C)=C1C=C/1C(=N)CC. The van der Waals surface area contributed by atoms with Gasteiger partial charge in [0.15, 0.2) is 0 Å². The molecule has 0 aromatic rings. The van der Waals surface area contributed by atoms with Gasteiger partial charge in [-0.3, -0.25) is 0 Å². The summed E-state index contributed by atoms with van der Waals surface area (Å²) in [6, 6.07) is 0. The normalized spacial score (nSPS) is 18.9. The van der Waals surface area contributed by atoms with E-state index < -0.39 is 0 Å². The Bertz CT molecular complexity index is 267. The van der Waals surface area contributed by atoms with E-state index in [2.05, 4.69) is 6.58 Å². The average Bonchev–Trinajstić information content (AvgIpc) is 2.80. The van der Waals surface area contributed by atoms with Crippen molar-refractivity contribution in [2.24, 2.45) is 0 Å². The minimum atomic E-state index is 0.737. The fourth-order valence-electron chi connectivity index (χ4n) is 0.985. The maximum Gasteiger partial charge on any atom is 0.0389 e. The van der Waals surface area contributed by atoms with Crippen molar-refractivity contribution >= 4 is 5.71 Å². The molecule has 1 nitrogen and oxygen atoms in total. The molecule has 0 saturated heterocycles. The molecule has 0 saturated carbocycles. The monoisotopic (exact) mass is 147 g/mol. The number of allylic oxidation sites excluding steroid dienone is 5. The van der Waals surface area contributed by atoms with Crippen molar-refractivity contribution in [3.63, 3.8) is 0 Å². The molecule has 58 valence electrons. The molecule has 0 unspecified atom stereocenters. The van der Waals surface area contributed by atoms with Gasteiger partial charge in [-0.25, -0.2) is 0 Å². The Hall–Kier alpha value is -1.11. The van der Waals surface area contributed by atoms with E-state index in [0.29, 0.717) is 0 Å². The molecule has 0 bridgehead atoms. The Morgan fingerprint density at radius 3 is 2.82 bits per heavy atom. The highest BCUT2D eigenvalue weighted by Gasteiger charge is 2.20. The Kier molecular flexibility index (Phi) is 2.08. The van der Waals surface area contributed by atoms with Crippen molar-refractivity contribution in [3.05, 3.63) is 35.5 Å². The van der Waals surface area contributed by atoms with Crippen LogP contribution in [0.5, 0.6) is 0 Å². The number of rotatable bonds is 3. The Labute approximate surface area is 67.6 Å². The van der Waals surface area contributed by atoms with Gasteiger partial charge in [0.05, 0.1) is 0 Å². The Morgan fingerprint density at radius 2 is 2.36 bits per heavy atom. The largest absolute Gasteiger partial charge is 0.305 e. The van der Waals surface area contributed by atoms with Crippen LogP contribution in [0, 0.1) is 5.41 Å². The molecular formula is C10H13N. The van der Waals surface area contributed by atoms with E-state index in [0.717, 1.165) is 17.7 Å². The predicted molar refractivity (Wildman–Crippen MR) is 49.0 cm³/mol. The van der Waals surface area contributed by atoms with Gasteiger partial charge in [-0.2, -0.15) is 0 Å². The molecule has 1 aliphatic carbocycles. The van der Waals surface area contributed by atoms with Crippen LogP contribution < -0.4 is 0 Å². The van der Waals surface area contributed by atoms with Crippen LogP contribution in [0.25, 0.3) is 0 Å². The lowest BCUT2D eigenvalue weighted by Crippen LogP contribution is -1.89. The van der Waals surface area contributed by atoms with E-state index in [1.165, 1.54) is 11.1 Å². The van der Waals surface area contributed by atoms with E-state index in [1.54, 1.807) is 0 Å². The Balaban J connectivity index is 2.67. The highest BCUT2D eigenvalue weighted by molar-refractivity contribution is 6.08. The number of hydrogen-bond acceptors (Lipinski definition) is 1. The van der Waals surface area contributed by atoms with Gasteiger partial charge in [0.2, 0.25) is 0 Å². The zero-order chi connectivity index (χ0) is 8.43. The maximum absolute atomic E-state index is 7.52. The quantitative estimate of drug-likeness (QED) is 0.593. The van der Waals surface area contributed by atoms with Crippen molar-refractivity contribution in [2.45, 2.75) is 20.3 Å². The van der Waals surface area contributed by atoms with Gasteiger partial charge in [0.1, 0.15) is 0 Å². The minimum absolute atomic E-state index is 0.737. The van der Waals surface area contributed by atoms with Crippen LogP contribution in [-0.4, -0.2) is 5.71 Å². The molecular weight excluding hydrogens is 134 g/mol. The van der Waals surface area contributed by atoms with Gasteiger partial charge in [-0.05, 0) is 30.6 Å². The van der Waals surface area contributed by atoms with Crippen LogP contribution in [0.2, 0.25) is 0 Å². The predicted octanol–water partition coefficient (Wildman–Crippen LogP) is 2.86. The molecule has 0 heterocycles. The van der Waals surface area contributed by atoms with Crippen LogP contribution in [0.15, 0.2) is 35.5 Å². The fourth-order valence-corrected chi connectivity index (χ4v) is 0.985. The second kappa shape index (κ2) is 2.87. The molecule has 1 heteroatoms. The third-order valence-electron chi connectivity index (χ3n) is 1.91. The first-order chi connectivity index (χ1) is 5.20. The second-order valence-electron chi connectivity index (χ2n) is 2.69. The van der Waals surface area contributed by atoms with Crippen LogP contribution in [0.3, 0.4) is 0 Å².